The lowest BCUT2D eigenvalue weighted by Crippen LogP contribution is -2.07. The molecule has 3 N–H and O–H groups in total. The number of aromatic amines is 2. The van der Waals surface area contributed by atoms with Crippen LogP contribution in [-0.2, 0) is 6.42 Å². The third-order valence-corrected chi connectivity index (χ3v) is 6.83. The molecule has 0 fully saturated rings. The Labute approximate surface area is 222 Å². The van der Waals surface area contributed by atoms with Gasteiger partial charge in [-0.3, -0.25) is 5.10 Å². The second kappa shape index (κ2) is 12.3. The molecule has 0 aliphatic heterocycles. The summed E-state index contributed by atoms with van der Waals surface area (Å²) in [6.45, 7) is 5.84. The van der Waals surface area contributed by atoms with Crippen LogP contribution in [0.25, 0.3) is 22.2 Å². The van der Waals surface area contributed by atoms with Gasteiger partial charge in [0, 0.05) is 29.3 Å². The first kappa shape index (κ1) is 25.4. The summed E-state index contributed by atoms with van der Waals surface area (Å²) in [7, 11) is 0. The van der Waals surface area contributed by atoms with Crippen molar-refractivity contribution in [2.75, 3.05) is 18.5 Å². The topological polar surface area (TPSA) is 117 Å². The number of benzene rings is 3. The molecular formula is C29H34N8O. The number of aryl methyl sites for hydroxylation is 1. The van der Waals surface area contributed by atoms with Gasteiger partial charge in [-0.05, 0) is 65.4 Å². The summed E-state index contributed by atoms with van der Waals surface area (Å²) >= 11 is 0. The van der Waals surface area contributed by atoms with Crippen molar-refractivity contribution in [3.05, 3.63) is 77.6 Å². The van der Waals surface area contributed by atoms with Gasteiger partial charge in [0.2, 0.25) is 0 Å². The molecule has 196 valence electrons. The maximum absolute atomic E-state index is 6.34. The molecule has 2 heterocycles. The molecule has 38 heavy (non-hydrogen) atoms. The lowest BCUT2D eigenvalue weighted by atomic mass is 9.96. The van der Waals surface area contributed by atoms with E-state index in [9.17, 15) is 0 Å². The van der Waals surface area contributed by atoms with Crippen LogP contribution in [0.2, 0.25) is 0 Å². The summed E-state index contributed by atoms with van der Waals surface area (Å²) in [5.74, 6) is 1.88. The number of tetrazole rings is 1. The van der Waals surface area contributed by atoms with Crippen LogP contribution in [0.15, 0.2) is 60.7 Å². The molecule has 0 saturated carbocycles. The van der Waals surface area contributed by atoms with Gasteiger partial charge in [-0.25, -0.2) is 5.10 Å². The Balaban J connectivity index is 1.17. The molecule has 0 amide bonds. The van der Waals surface area contributed by atoms with E-state index < -0.39 is 0 Å². The van der Waals surface area contributed by atoms with Crippen LogP contribution in [0.4, 0.5) is 5.69 Å². The monoisotopic (exact) mass is 510 g/mol. The molecule has 0 aliphatic carbocycles. The highest BCUT2D eigenvalue weighted by Gasteiger charge is 2.17. The smallest absolute Gasteiger partial charge is 0.155 e. The third kappa shape index (κ3) is 5.66. The maximum Gasteiger partial charge on any atom is 0.155 e. The van der Waals surface area contributed by atoms with Gasteiger partial charge in [-0.2, -0.15) is 0 Å². The molecule has 0 bridgehead atoms. The number of rotatable bonds is 13. The molecule has 5 rings (SSSR count). The minimum atomic E-state index is 0.174. The predicted molar refractivity (Wildman–Crippen MR) is 149 cm³/mol. The van der Waals surface area contributed by atoms with Gasteiger partial charge in [-0.1, -0.05) is 67.9 Å². The molecule has 1 unspecified atom stereocenters. The van der Waals surface area contributed by atoms with E-state index >= 15 is 0 Å². The Bertz CT molecular complexity index is 1410. The van der Waals surface area contributed by atoms with Crippen LogP contribution >= 0.6 is 0 Å². The number of fused-ring (bicyclic) bond motifs is 1. The van der Waals surface area contributed by atoms with Gasteiger partial charge in [0.15, 0.2) is 5.82 Å². The zero-order valence-corrected chi connectivity index (χ0v) is 21.9. The summed E-state index contributed by atoms with van der Waals surface area (Å²) in [6.07, 6.45) is 4.80. The highest BCUT2D eigenvalue weighted by Crippen LogP contribution is 2.36. The Morgan fingerprint density at radius 2 is 1.76 bits per heavy atom. The average Bonchev–Trinajstić information content (AvgIpc) is 3.66. The highest BCUT2D eigenvalue weighted by atomic mass is 16.5. The number of nitrogens with one attached hydrogen (secondary N) is 3. The highest BCUT2D eigenvalue weighted by molar-refractivity contribution is 5.95. The minimum Gasteiger partial charge on any atom is -0.493 e. The van der Waals surface area contributed by atoms with Crippen molar-refractivity contribution in [2.45, 2.75) is 51.9 Å². The molecule has 2 aromatic heterocycles. The fraction of sp³-hybridized carbons (Fsp3) is 0.345. The number of hydrogen-bond acceptors (Lipinski definition) is 7. The Morgan fingerprint density at radius 1 is 0.921 bits per heavy atom. The van der Waals surface area contributed by atoms with E-state index in [2.05, 4.69) is 97.7 Å². The van der Waals surface area contributed by atoms with Crippen molar-refractivity contribution in [1.82, 2.24) is 36.0 Å². The number of H-pyrrole nitrogens is 2. The molecule has 1 atom stereocenters. The zero-order chi connectivity index (χ0) is 26.2. The number of ether oxygens (including phenoxy) is 1. The summed E-state index contributed by atoms with van der Waals surface area (Å²) in [5.41, 5.74) is 7.48. The Kier molecular flexibility index (Phi) is 8.23. The molecule has 0 saturated heterocycles. The zero-order valence-electron chi connectivity index (χ0n) is 21.9. The van der Waals surface area contributed by atoms with Crippen molar-refractivity contribution in [3.63, 3.8) is 0 Å². The number of aromatic nitrogens is 7. The minimum absolute atomic E-state index is 0.174. The Morgan fingerprint density at radius 3 is 2.50 bits per heavy atom. The standard InChI is InChI=1S/C29H34N8O/c1-3-10-24-26(19-25(20-11-6-5-7-12-20)28-27(24)31-35-32-28)38-18-9-8-17-30-22-15-13-21(14-16-22)23(4-2)29-33-36-37-34-29/h5-7,11-16,19,23,30H,3-4,8-10,17-18H2,1-2H3,(H,31,32,35)(H,33,34,36,37). The quantitative estimate of drug-likeness (QED) is 0.169. The van der Waals surface area contributed by atoms with Gasteiger partial charge >= 0.3 is 0 Å². The number of unbranched alkanes of at least 4 members (excludes halogenated alkanes) is 1. The molecule has 3 aromatic carbocycles. The van der Waals surface area contributed by atoms with Gasteiger partial charge < -0.3 is 10.1 Å². The summed E-state index contributed by atoms with van der Waals surface area (Å²) in [4.78, 5) is 0. The fourth-order valence-electron chi connectivity index (χ4n) is 4.88. The van der Waals surface area contributed by atoms with Gasteiger partial charge in [-0.15, -0.1) is 10.2 Å². The van der Waals surface area contributed by atoms with E-state index in [1.807, 2.05) is 18.2 Å². The van der Waals surface area contributed by atoms with Crippen LogP contribution in [0.1, 0.15) is 62.4 Å². The van der Waals surface area contributed by atoms with Crippen molar-refractivity contribution in [1.29, 1.82) is 0 Å². The van der Waals surface area contributed by atoms with Crippen molar-refractivity contribution < 1.29 is 4.74 Å². The van der Waals surface area contributed by atoms with E-state index in [4.69, 9.17) is 4.74 Å². The number of nitrogens with zero attached hydrogens (tertiary/aromatic N) is 5. The third-order valence-electron chi connectivity index (χ3n) is 6.83. The van der Waals surface area contributed by atoms with Gasteiger partial charge in [0.05, 0.1) is 12.1 Å². The predicted octanol–water partition coefficient (Wildman–Crippen LogP) is 5.90. The molecular weight excluding hydrogens is 476 g/mol. The lowest BCUT2D eigenvalue weighted by molar-refractivity contribution is 0.306. The van der Waals surface area contributed by atoms with Crippen LogP contribution in [0.5, 0.6) is 5.75 Å². The average molecular weight is 511 g/mol. The molecule has 0 radical (unpaired) electrons. The fourth-order valence-corrected chi connectivity index (χ4v) is 4.88. The van der Waals surface area contributed by atoms with E-state index in [0.29, 0.717) is 6.61 Å². The van der Waals surface area contributed by atoms with E-state index in [1.165, 1.54) is 5.56 Å². The Hall–Kier alpha value is -4.27. The summed E-state index contributed by atoms with van der Waals surface area (Å²) in [5, 5.41) is 29.5. The molecule has 9 nitrogen and oxygen atoms in total. The van der Waals surface area contributed by atoms with Crippen LogP contribution in [0, 0.1) is 0 Å². The van der Waals surface area contributed by atoms with Gasteiger partial charge in [0.1, 0.15) is 11.3 Å². The van der Waals surface area contributed by atoms with Crippen molar-refractivity contribution in [3.8, 4) is 16.9 Å². The first-order valence-corrected chi connectivity index (χ1v) is 13.4. The normalized spacial score (nSPS) is 12.1. The lowest BCUT2D eigenvalue weighted by Gasteiger charge is -2.15. The van der Waals surface area contributed by atoms with Crippen molar-refractivity contribution >= 4 is 16.7 Å². The molecule has 9 heteroatoms. The van der Waals surface area contributed by atoms with Crippen LogP contribution in [-0.4, -0.2) is 49.2 Å². The summed E-state index contributed by atoms with van der Waals surface area (Å²) < 4.78 is 6.34. The van der Waals surface area contributed by atoms with E-state index in [-0.39, 0.29) is 5.92 Å². The van der Waals surface area contributed by atoms with Crippen LogP contribution in [0.3, 0.4) is 0 Å². The van der Waals surface area contributed by atoms with Gasteiger partial charge in [0.25, 0.3) is 0 Å². The second-order valence-corrected chi connectivity index (χ2v) is 9.40. The largest absolute Gasteiger partial charge is 0.493 e. The number of anilines is 1. The molecule has 0 aliphatic rings. The number of hydrogen-bond donors (Lipinski definition) is 3. The molecule has 5 aromatic rings. The SMILES string of the molecule is CCCc1c(OCCCCNc2ccc(C(CC)c3nnn[nH]3)cc2)cc(-c2ccccc2)c2[nH]nnc12. The molecule has 0 spiro atoms. The second-order valence-electron chi connectivity index (χ2n) is 9.40. The van der Waals surface area contributed by atoms with E-state index in [1.54, 1.807) is 0 Å². The summed E-state index contributed by atoms with van der Waals surface area (Å²) in [6, 6.07) is 21.0. The van der Waals surface area contributed by atoms with Crippen LogP contribution < -0.4 is 10.1 Å². The van der Waals surface area contributed by atoms with E-state index in [0.717, 1.165) is 83.6 Å². The first-order chi connectivity index (χ1) is 18.8. The van der Waals surface area contributed by atoms with Crippen molar-refractivity contribution in [2.24, 2.45) is 0 Å². The maximum atomic E-state index is 6.34. The first-order valence-electron chi connectivity index (χ1n) is 13.4.